The maximum Gasteiger partial charge on any atom is 0.307 e. The third-order valence-electron chi connectivity index (χ3n) is 4.42. The molecule has 1 heterocycles. The highest BCUT2D eigenvalue weighted by Crippen LogP contribution is 2.31. The Morgan fingerprint density at radius 3 is 2.71 bits per heavy atom. The van der Waals surface area contributed by atoms with Gasteiger partial charge in [-0.25, -0.2) is 0 Å². The van der Waals surface area contributed by atoms with Gasteiger partial charge in [0.2, 0.25) is 0 Å². The maximum atomic E-state index is 12.2. The van der Waals surface area contributed by atoms with E-state index in [9.17, 15) is 14.4 Å². The number of hydrogen-bond acceptors (Lipinski definition) is 6. The Bertz CT molecular complexity index is 908. The summed E-state index contributed by atoms with van der Waals surface area (Å²) in [7, 11) is 1.51. The van der Waals surface area contributed by atoms with E-state index in [1.165, 1.54) is 18.9 Å². The number of fused-ring (bicyclic) bond motifs is 1. The molecule has 28 heavy (non-hydrogen) atoms. The number of carbonyl (C=O) groups is 3. The molecule has 0 radical (unpaired) electrons. The number of Topliss-reactive ketones (excluding diaryl/α,β-unsaturated/α-hetero) is 1. The summed E-state index contributed by atoms with van der Waals surface area (Å²) in [4.78, 5) is 37.4. The summed E-state index contributed by atoms with van der Waals surface area (Å²) in [5, 5.41) is 0. The molecule has 0 N–H and O–H groups in total. The fourth-order valence-electron chi connectivity index (χ4n) is 2.94. The minimum atomic E-state index is -0.452. The zero-order valence-electron chi connectivity index (χ0n) is 15.8. The number of ether oxygens (including phenoxy) is 3. The van der Waals surface area contributed by atoms with Crippen LogP contribution in [0.25, 0.3) is 0 Å². The second-order valence-corrected chi connectivity index (χ2v) is 6.30. The van der Waals surface area contributed by atoms with Crippen molar-refractivity contribution in [3.8, 4) is 11.5 Å². The minimum Gasteiger partial charge on any atom is -0.496 e. The van der Waals surface area contributed by atoms with Crippen LogP contribution in [0, 0.1) is 0 Å². The minimum absolute atomic E-state index is 0.0171. The summed E-state index contributed by atoms with van der Waals surface area (Å²) in [5.41, 5.74) is 1.76. The Kier molecular flexibility index (Phi) is 5.93. The summed E-state index contributed by atoms with van der Waals surface area (Å²) in [5.74, 6) is 0.408. The molecule has 1 aliphatic heterocycles. The van der Waals surface area contributed by atoms with Crippen molar-refractivity contribution in [1.82, 2.24) is 0 Å². The van der Waals surface area contributed by atoms with Crippen LogP contribution in [0.5, 0.6) is 11.5 Å². The van der Waals surface area contributed by atoms with E-state index in [1.807, 2.05) is 6.07 Å². The van der Waals surface area contributed by atoms with E-state index in [0.717, 1.165) is 0 Å². The summed E-state index contributed by atoms with van der Waals surface area (Å²) in [6, 6.07) is 12.2. The van der Waals surface area contributed by atoms with Gasteiger partial charge in [0.1, 0.15) is 18.1 Å². The fraction of sp³-hybridized carbons (Fsp3) is 0.286. The van der Waals surface area contributed by atoms with Crippen LogP contribution < -0.4 is 14.4 Å². The molecule has 0 fully saturated rings. The van der Waals surface area contributed by atoms with Crippen LogP contribution in [0.4, 0.5) is 5.69 Å². The highest BCUT2D eigenvalue weighted by Gasteiger charge is 2.25. The van der Waals surface area contributed by atoms with E-state index in [0.29, 0.717) is 28.3 Å². The van der Waals surface area contributed by atoms with Crippen molar-refractivity contribution in [2.24, 2.45) is 0 Å². The Morgan fingerprint density at radius 1 is 1.18 bits per heavy atom. The monoisotopic (exact) mass is 383 g/mol. The normalized spacial score (nSPS) is 12.8. The van der Waals surface area contributed by atoms with Crippen LogP contribution in [-0.2, 0) is 20.9 Å². The Morgan fingerprint density at radius 2 is 1.96 bits per heavy atom. The number of rotatable bonds is 7. The lowest BCUT2D eigenvalue weighted by Gasteiger charge is -2.29. The van der Waals surface area contributed by atoms with Crippen molar-refractivity contribution in [2.75, 3.05) is 25.2 Å². The number of nitrogens with zero attached hydrogens (tertiary/aromatic N) is 1. The predicted octanol–water partition coefficient (Wildman–Crippen LogP) is 2.76. The fourth-order valence-corrected chi connectivity index (χ4v) is 2.94. The number of amides is 1. The quantitative estimate of drug-likeness (QED) is 0.540. The van der Waals surface area contributed by atoms with E-state index in [2.05, 4.69) is 0 Å². The number of para-hydroxylation sites is 2. The molecular formula is C21H21NO6. The molecule has 3 rings (SSSR count). The van der Waals surface area contributed by atoms with Crippen LogP contribution in [-0.4, -0.2) is 37.9 Å². The highest BCUT2D eigenvalue weighted by molar-refractivity contribution is 5.98. The van der Waals surface area contributed by atoms with Gasteiger partial charge in [-0.2, -0.15) is 0 Å². The molecule has 0 aromatic heterocycles. The third kappa shape index (κ3) is 4.31. The molecule has 0 saturated heterocycles. The average molecular weight is 383 g/mol. The first-order valence-electron chi connectivity index (χ1n) is 8.85. The smallest absolute Gasteiger partial charge is 0.307 e. The summed E-state index contributed by atoms with van der Waals surface area (Å²) < 4.78 is 16.0. The lowest BCUT2D eigenvalue weighted by atomic mass is 10.1. The van der Waals surface area contributed by atoms with Crippen molar-refractivity contribution < 1.29 is 28.6 Å². The predicted molar refractivity (Wildman–Crippen MR) is 102 cm³/mol. The van der Waals surface area contributed by atoms with Crippen molar-refractivity contribution >= 4 is 23.3 Å². The van der Waals surface area contributed by atoms with E-state index < -0.39 is 5.97 Å². The maximum absolute atomic E-state index is 12.2. The van der Waals surface area contributed by atoms with Gasteiger partial charge in [0.25, 0.3) is 5.91 Å². The zero-order valence-corrected chi connectivity index (χ0v) is 15.8. The lowest BCUT2D eigenvalue weighted by molar-refractivity contribution is -0.144. The molecule has 1 aliphatic rings. The van der Waals surface area contributed by atoms with E-state index in [4.69, 9.17) is 14.2 Å². The van der Waals surface area contributed by atoms with Gasteiger partial charge in [-0.3, -0.25) is 14.4 Å². The first-order chi connectivity index (χ1) is 13.5. The number of carbonyl (C=O) groups excluding carboxylic acids is 3. The molecule has 0 saturated carbocycles. The largest absolute Gasteiger partial charge is 0.496 e. The lowest BCUT2D eigenvalue weighted by Crippen LogP contribution is -2.40. The molecular weight excluding hydrogens is 362 g/mol. The number of methoxy groups -OCH3 is 1. The Labute approximate surface area is 162 Å². The van der Waals surface area contributed by atoms with Crippen molar-refractivity contribution in [2.45, 2.75) is 20.0 Å². The molecule has 7 nitrogen and oxygen atoms in total. The van der Waals surface area contributed by atoms with Gasteiger partial charge in [-0.1, -0.05) is 12.1 Å². The zero-order chi connectivity index (χ0) is 20.1. The van der Waals surface area contributed by atoms with Crippen LogP contribution in [0.1, 0.15) is 29.3 Å². The summed E-state index contributed by atoms with van der Waals surface area (Å²) in [6.07, 6.45) is 0.0365. The summed E-state index contributed by atoms with van der Waals surface area (Å²) in [6.45, 7) is 1.59. The van der Waals surface area contributed by atoms with Gasteiger partial charge in [0.15, 0.2) is 12.4 Å². The SMILES string of the molecule is COc1ccc(C(C)=O)cc1COC(=O)CCN1C(=O)COc2ccccc21. The molecule has 0 unspecified atom stereocenters. The number of hydrogen-bond donors (Lipinski definition) is 0. The topological polar surface area (TPSA) is 82.1 Å². The van der Waals surface area contributed by atoms with Gasteiger partial charge in [0, 0.05) is 17.7 Å². The second kappa shape index (κ2) is 8.56. The van der Waals surface area contributed by atoms with E-state index in [1.54, 1.807) is 36.4 Å². The Balaban J connectivity index is 1.61. The number of ketones is 1. The highest BCUT2D eigenvalue weighted by atomic mass is 16.5. The molecule has 2 aromatic carbocycles. The first kappa shape index (κ1) is 19.4. The second-order valence-electron chi connectivity index (χ2n) is 6.30. The average Bonchev–Trinajstić information content (AvgIpc) is 2.71. The molecule has 0 atom stereocenters. The summed E-state index contributed by atoms with van der Waals surface area (Å²) >= 11 is 0. The van der Waals surface area contributed by atoms with Gasteiger partial charge in [-0.05, 0) is 37.3 Å². The van der Waals surface area contributed by atoms with Crippen LogP contribution in [0.2, 0.25) is 0 Å². The van der Waals surface area contributed by atoms with E-state index >= 15 is 0 Å². The number of anilines is 1. The van der Waals surface area contributed by atoms with Gasteiger partial charge in [-0.15, -0.1) is 0 Å². The van der Waals surface area contributed by atoms with Crippen LogP contribution >= 0.6 is 0 Å². The van der Waals surface area contributed by atoms with Gasteiger partial charge >= 0.3 is 5.97 Å². The van der Waals surface area contributed by atoms with Gasteiger partial charge < -0.3 is 19.1 Å². The molecule has 0 bridgehead atoms. The molecule has 0 spiro atoms. The molecule has 1 amide bonds. The van der Waals surface area contributed by atoms with Crippen molar-refractivity contribution in [1.29, 1.82) is 0 Å². The molecule has 0 aliphatic carbocycles. The Hall–Kier alpha value is -3.35. The molecule has 7 heteroatoms. The van der Waals surface area contributed by atoms with E-state index in [-0.39, 0.29) is 37.9 Å². The number of benzene rings is 2. The van der Waals surface area contributed by atoms with Crippen LogP contribution in [0.15, 0.2) is 42.5 Å². The van der Waals surface area contributed by atoms with Crippen molar-refractivity contribution in [3.05, 3.63) is 53.6 Å². The van der Waals surface area contributed by atoms with Crippen LogP contribution in [0.3, 0.4) is 0 Å². The standard InChI is InChI=1S/C21H21NO6/c1-14(23)15-7-8-18(26-2)16(11-15)12-28-21(25)9-10-22-17-5-3-4-6-19(17)27-13-20(22)24/h3-8,11H,9-10,12-13H2,1-2H3. The van der Waals surface area contributed by atoms with Crippen molar-refractivity contribution in [3.63, 3.8) is 0 Å². The third-order valence-corrected chi connectivity index (χ3v) is 4.42. The van der Waals surface area contributed by atoms with Gasteiger partial charge in [0.05, 0.1) is 19.2 Å². The molecule has 2 aromatic rings. The molecule has 146 valence electrons. The number of esters is 1. The first-order valence-corrected chi connectivity index (χ1v) is 8.85.